The van der Waals surface area contributed by atoms with Gasteiger partial charge in [-0.1, -0.05) is 71.1 Å². The van der Waals surface area contributed by atoms with Crippen LogP contribution in [0.5, 0.6) is 0 Å². The Labute approximate surface area is 136 Å². The molecular formula is C19H22BrN. The lowest BCUT2D eigenvalue weighted by Crippen LogP contribution is -2.08. The van der Waals surface area contributed by atoms with Crippen molar-refractivity contribution in [2.75, 3.05) is 7.05 Å². The number of rotatable bonds is 6. The highest BCUT2D eigenvalue weighted by atomic mass is 79.9. The van der Waals surface area contributed by atoms with E-state index in [1.165, 1.54) is 5.56 Å². The van der Waals surface area contributed by atoms with Gasteiger partial charge < -0.3 is 5.32 Å². The Hall–Kier alpha value is -1.80. The Morgan fingerprint density at radius 2 is 1.76 bits per heavy atom. The summed E-state index contributed by atoms with van der Waals surface area (Å²) in [5.74, 6) is 0. The molecule has 1 aromatic carbocycles. The van der Waals surface area contributed by atoms with E-state index < -0.39 is 0 Å². The third-order valence-electron chi connectivity index (χ3n) is 2.98. The van der Waals surface area contributed by atoms with Crippen LogP contribution in [0.15, 0.2) is 77.5 Å². The number of hydrogen-bond acceptors (Lipinski definition) is 1. The van der Waals surface area contributed by atoms with E-state index in [2.05, 4.69) is 65.6 Å². The number of nitrogens with one attached hydrogen (secondary N) is 1. The maximum Gasteiger partial charge on any atom is 0.0417 e. The summed E-state index contributed by atoms with van der Waals surface area (Å²) in [6.07, 6.45) is 8.07. The minimum atomic E-state index is 0.831. The molecule has 1 N–H and O–H groups in total. The van der Waals surface area contributed by atoms with Crippen LogP contribution in [-0.4, -0.2) is 7.05 Å². The summed E-state index contributed by atoms with van der Waals surface area (Å²) in [7, 11) is 1.91. The van der Waals surface area contributed by atoms with Crippen molar-refractivity contribution in [2.45, 2.75) is 13.8 Å². The summed E-state index contributed by atoms with van der Waals surface area (Å²) in [6, 6.07) is 8.36. The van der Waals surface area contributed by atoms with E-state index in [4.69, 9.17) is 0 Å². The molecule has 0 amide bonds. The molecular weight excluding hydrogens is 322 g/mol. The van der Waals surface area contributed by atoms with Gasteiger partial charge in [0.05, 0.1) is 0 Å². The fourth-order valence-electron chi connectivity index (χ4n) is 1.89. The Bertz CT molecular complexity index is 601. The molecule has 0 heterocycles. The molecule has 0 radical (unpaired) electrons. The zero-order valence-corrected chi connectivity index (χ0v) is 14.5. The monoisotopic (exact) mass is 343 g/mol. The van der Waals surface area contributed by atoms with Crippen molar-refractivity contribution in [2.24, 2.45) is 0 Å². The molecule has 0 atom stereocenters. The SMILES string of the molecule is C=C(Br)/C=C(\C=C/C)C(=C/C(=C)c1ccc(C)cc1)/NC. The van der Waals surface area contributed by atoms with Crippen LogP contribution in [0.25, 0.3) is 5.57 Å². The predicted octanol–water partition coefficient (Wildman–Crippen LogP) is 5.52. The van der Waals surface area contributed by atoms with Gasteiger partial charge in [-0.15, -0.1) is 0 Å². The molecule has 0 aromatic heterocycles. The molecule has 1 aromatic rings. The standard InChI is InChI=1S/C19H22BrN/c1-6-7-18(13-16(4)20)19(21-5)12-15(3)17-10-8-14(2)9-11-17/h6-13,21H,3-4H2,1-2,5H3/b7-6-,18-13+,19-12-. The first-order valence-corrected chi connectivity index (χ1v) is 7.61. The molecule has 0 aliphatic heterocycles. The van der Waals surface area contributed by atoms with Gasteiger partial charge in [-0.05, 0) is 42.7 Å². The second kappa shape index (κ2) is 8.48. The maximum absolute atomic E-state index is 4.16. The van der Waals surface area contributed by atoms with Crippen LogP contribution in [0.1, 0.15) is 18.1 Å². The summed E-state index contributed by atoms with van der Waals surface area (Å²) < 4.78 is 0.831. The number of hydrogen-bond donors (Lipinski definition) is 1. The third kappa shape index (κ3) is 5.60. The van der Waals surface area contributed by atoms with Gasteiger partial charge in [0.15, 0.2) is 0 Å². The summed E-state index contributed by atoms with van der Waals surface area (Å²) >= 11 is 3.38. The molecule has 2 heteroatoms. The normalized spacial score (nSPS) is 12.6. The molecule has 0 saturated heterocycles. The molecule has 0 unspecified atom stereocenters. The van der Waals surface area contributed by atoms with Crippen LogP contribution >= 0.6 is 15.9 Å². The molecule has 0 aliphatic rings. The van der Waals surface area contributed by atoms with E-state index in [1.807, 2.05) is 38.3 Å². The van der Waals surface area contributed by atoms with Crippen molar-refractivity contribution in [3.05, 3.63) is 88.6 Å². The summed E-state index contributed by atoms with van der Waals surface area (Å²) in [5.41, 5.74) is 5.38. The Balaban J connectivity index is 3.14. The van der Waals surface area contributed by atoms with E-state index in [0.29, 0.717) is 0 Å². The van der Waals surface area contributed by atoms with E-state index in [0.717, 1.165) is 26.9 Å². The highest BCUT2D eigenvalue weighted by Gasteiger charge is 2.03. The lowest BCUT2D eigenvalue weighted by Gasteiger charge is -2.10. The third-order valence-corrected chi connectivity index (χ3v) is 3.21. The van der Waals surface area contributed by atoms with Crippen LogP contribution in [-0.2, 0) is 0 Å². The van der Waals surface area contributed by atoms with Gasteiger partial charge in [0, 0.05) is 17.2 Å². The zero-order chi connectivity index (χ0) is 15.8. The number of halogens is 1. The number of allylic oxidation sites excluding steroid dienone is 6. The van der Waals surface area contributed by atoms with Crippen molar-refractivity contribution in [3.63, 3.8) is 0 Å². The first-order chi connectivity index (χ1) is 9.97. The van der Waals surface area contributed by atoms with Gasteiger partial charge >= 0.3 is 0 Å². The lowest BCUT2D eigenvalue weighted by molar-refractivity contribution is 1.01. The largest absolute Gasteiger partial charge is 0.388 e. The van der Waals surface area contributed by atoms with Crippen LogP contribution in [0.2, 0.25) is 0 Å². The highest BCUT2D eigenvalue weighted by molar-refractivity contribution is 9.11. The molecule has 0 saturated carbocycles. The quantitative estimate of drug-likeness (QED) is 0.670. The van der Waals surface area contributed by atoms with E-state index in [1.54, 1.807) is 0 Å². The molecule has 21 heavy (non-hydrogen) atoms. The van der Waals surface area contributed by atoms with Gasteiger partial charge in [0.1, 0.15) is 0 Å². The fourth-order valence-corrected chi connectivity index (χ4v) is 2.14. The van der Waals surface area contributed by atoms with Crippen molar-refractivity contribution >= 4 is 21.5 Å². The van der Waals surface area contributed by atoms with E-state index in [-0.39, 0.29) is 0 Å². The van der Waals surface area contributed by atoms with E-state index >= 15 is 0 Å². The summed E-state index contributed by atoms with van der Waals surface area (Å²) in [4.78, 5) is 0. The van der Waals surface area contributed by atoms with Gasteiger partial charge in [-0.2, -0.15) is 0 Å². The van der Waals surface area contributed by atoms with Crippen molar-refractivity contribution in [3.8, 4) is 0 Å². The van der Waals surface area contributed by atoms with Gasteiger partial charge in [-0.25, -0.2) is 0 Å². The molecule has 0 aliphatic carbocycles. The number of benzene rings is 1. The molecule has 0 fully saturated rings. The molecule has 0 bridgehead atoms. The average molecular weight is 344 g/mol. The van der Waals surface area contributed by atoms with Crippen LogP contribution in [0.3, 0.4) is 0 Å². The summed E-state index contributed by atoms with van der Waals surface area (Å²) in [5, 5.41) is 3.22. The lowest BCUT2D eigenvalue weighted by atomic mass is 10.0. The maximum atomic E-state index is 4.16. The molecule has 1 nitrogen and oxygen atoms in total. The van der Waals surface area contributed by atoms with E-state index in [9.17, 15) is 0 Å². The van der Waals surface area contributed by atoms with Gasteiger partial charge in [-0.3, -0.25) is 0 Å². The molecule has 0 spiro atoms. The minimum Gasteiger partial charge on any atom is -0.388 e. The van der Waals surface area contributed by atoms with Crippen molar-refractivity contribution in [1.29, 1.82) is 0 Å². The highest BCUT2D eigenvalue weighted by Crippen LogP contribution is 2.20. The number of aryl methyl sites for hydroxylation is 1. The second-order valence-corrected chi connectivity index (χ2v) is 5.76. The zero-order valence-electron chi connectivity index (χ0n) is 12.9. The first kappa shape index (κ1) is 17.3. The van der Waals surface area contributed by atoms with Crippen LogP contribution < -0.4 is 5.32 Å². The average Bonchev–Trinajstić information content (AvgIpc) is 2.44. The Morgan fingerprint density at radius 3 is 2.24 bits per heavy atom. The topological polar surface area (TPSA) is 12.0 Å². The number of likely N-dealkylation sites (N-methyl/N-ethyl adjacent to an activating group) is 1. The van der Waals surface area contributed by atoms with Gasteiger partial charge in [0.25, 0.3) is 0 Å². The summed E-state index contributed by atoms with van der Waals surface area (Å²) in [6.45, 7) is 12.1. The Morgan fingerprint density at radius 1 is 1.14 bits per heavy atom. The molecule has 110 valence electrons. The van der Waals surface area contributed by atoms with Crippen molar-refractivity contribution < 1.29 is 0 Å². The fraction of sp³-hybridized carbons (Fsp3) is 0.158. The molecule has 1 rings (SSSR count). The van der Waals surface area contributed by atoms with Gasteiger partial charge in [0.2, 0.25) is 0 Å². The van der Waals surface area contributed by atoms with Crippen molar-refractivity contribution in [1.82, 2.24) is 5.32 Å². The van der Waals surface area contributed by atoms with Crippen LogP contribution in [0, 0.1) is 6.92 Å². The predicted molar refractivity (Wildman–Crippen MR) is 98.3 cm³/mol. The second-order valence-electron chi connectivity index (χ2n) is 4.75. The Kier molecular flexibility index (Phi) is 6.97. The smallest absolute Gasteiger partial charge is 0.0417 e. The minimum absolute atomic E-state index is 0.831. The first-order valence-electron chi connectivity index (χ1n) is 6.82. The van der Waals surface area contributed by atoms with Crippen LogP contribution in [0.4, 0.5) is 0 Å².